The zero-order valence-corrected chi connectivity index (χ0v) is 16.5. The summed E-state index contributed by atoms with van der Waals surface area (Å²) in [5, 5.41) is 25.4. The highest BCUT2D eigenvalue weighted by Gasteiger charge is 2.07. The Morgan fingerprint density at radius 1 is 0.643 bits per heavy atom. The van der Waals surface area contributed by atoms with E-state index in [1.165, 1.54) is 0 Å². The summed E-state index contributed by atoms with van der Waals surface area (Å²) in [4.78, 5) is 0. The van der Waals surface area contributed by atoms with Crippen LogP contribution in [0.3, 0.4) is 0 Å². The highest BCUT2D eigenvalue weighted by molar-refractivity contribution is 6.00. The van der Waals surface area contributed by atoms with Crippen molar-refractivity contribution < 1.29 is 19.9 Å². The zero-order valence-electron chi connectivity index (χ0n) is 16.5. The minimum atomic E-state index is 0.679. The van der Waals surface area contributed by atoms with Crippen LogP contribution in [0.1, 0.15) is 49.7 Å². The van der Waals surface area contributed by atoms with Crippen LogP contribution < -0.4 is 9.47 Å². The van der Waals surface area contributed by atoms with Crippen LogP contribution in [0, 0.1) is 0 Å². The maximum absolute atomic E-state index is 9.28. The van der Waals surface area contributed by atoms with Gasteiger partial charge in [-0.05, 0) is 85.3 Å². The Labute approximate surface area is 166 Å². The molecular formula is C22H28N2O4. The molecule has 2 N–H and O–H groups in total. The molecule has 0 heterocycles. The molecule has 2 rings (SSSR count). The molecule has 0 fully saturated rings. The van der Waals surface area contributed by atoms with Crippen LogP contribution in [-0.2, 0) is 0 Å². The lowest BCUT2D eigenvalue weighted by Crippen LogP contribution is -2.02. The molecule has 0 spiro atoms. The largest absolute Gasteiger partial charge is 0.497 e. The van der Waals surface area contributed by atoms with Gasteiger partial charge in [-0.3, -0.25) is 0 Å². The molecule has 0 amide bonds. The molecule has 0 bridgehead atoms. The molecule has 150 valence electrons. The lowest BCUT2D eigenvalue weighted by atomic mass is 10.0. The summed E-state index contributed by atoms with van der Waals surface area (Å²) in [5.41, 5.74) is 3.16. The van der Waals surface area contributed by atoms with Crippen LogP contribution >= 0.6 is 0 Å². The van der Waals surface area contributed by atoms with E-state index in [1.807, 2.05) is 48.5 Å². The summed E-state index contributed by atoms with van der Waals surface area (Å²) >= 11 is 0. The highest BCUT2D eigenvalue weighted by atomic mass is 16.5. The minimum absolute atomic E-state index is 0.679. The Bertz CT molecular complexity index is 701. The van der Waals surface area contributed by atoms with Crippen LogP contribution in [0.25, 0.3) is 0 Å². The smallest absolute Gasteiger partial charge is 0.118 e. The molecule has 0 saturated heterocycles. The molecule has 0 aromatic heterocycles. The summed E-state index contributed by atoms with van der Waals surface area (Å²) in [7, 11) is 3.25. The molecule has 0 aliphatic heterocycles. The third kappa shape index (κ3) is 6.30. The number of hydrogen-bond acceptors (Lipinski definition) is 6. The average molecular weight is 384 g/mol. The zero-order chi connectivity index (χ0) is 20.2. The van der Waals surface area contributed by atoms with Crippen LogP contribution in [0.15, 0.2) is 58.8 Å². The van der Waals surface area contributed by atoms with E-state index in [4.69, 9.17) is 9.47 Å². The maximum atomic E-state index is 9.28. The molecule has 0 aliphatic carbocycles. The fourth-order valence-corrected chi connectivity index (χ4v) is 3.01. The van der Waals surface area contributed by atoms with Crippen LogP contribution in [0.4, 0.5) is 0 Å². The van der Waals surface area contributed by atoms with Gasteiger partial charge in [-0.15, -0.1) is 0 Å². The number of rotatable bonds is 11. The van der Waals surface area contributed by atoms with Crippen molar-refractivity contribution in [2.45, 2.75) is 38.5 Å². The van der Waals surface area contributed by atoms with Crippen molar-refractivity contribution >= 4 is 11.4 Å². The summed E-state index contributed by atoms with van der Waals surface area (Å²) < 4.78 is 10.3. The monoisotopic (exact) mass is 384 g/mol. The Morgan fingerprint density at radius 2 is 1.00 bits per heavy atom. The number of nitrogens with zero attached hydrogens (tertiary/aromatic N) is 2. The fraction of sp³-hybridized carbons (Fsp3) is 0.364. The quantitative estimate of drug-likeness (QED) is 0.244. The van der Waals surface area contributed by atoms with E-state index in [0.29, 0.717) is 24.3 Å². The Hall–Kier alpha value is -3.02. The van der Waals surface area contributed by atoms with Gasteiger partial charge in [0.1, 0.15) is 11.5 Å². The third-order valence-electron chi connectivity index (χ3n) is 4.67. The summed E-state index contributed by atoms with van der Waals surface area (Å²) in [6.07, 6.45) is 5.30. The Kier molecular flexibility index (Phi) is 8.85. The van der Waals surface area contributed by atoms with Gasteiger partial charge in [0.25, 0.3) is 0 Å². The average Bonchev–Trinajstić information content (AvgIpc) is 2.76. The van der Waals surface area contributed by atoms with E-state index in [1.54, 1.807) is 14.2 Å². The van der Waals surface area contributed by atoms with Gasteiger partial charge in [-0.1, -0.05) is 23.2 Å². The molecule has 2 aromatic carbocycles. The Balaban J connectivity index is 1.72. The molecule has 28 heavy (non-hydrogen) atoms. The van der Waals surface area contributed by atoms with Gasteiger partial charge < -0.3 is 19.9 Å². The van der Waals surface area contributed by atoms with Gasteiger partial charge in [-0.25, -0.2) is 0 Å². The van der Waals surface area contributed by atoms with Gasteiger partial charge in [0.2, 0.25) is 0 Å². The number of methoxy groups -OCH3 is 2. The van der Waals surface area contributed by atoms with Crippen molar-refractivity contribution in [1.82, 2.24) is 0 Å². The van der Waals surface area contributed by atoms with E-state index in [0.717, 1.165) is 48.3 Å². The van der Waals surface area contributed by atoms with Crippen molar-refractivity contribution in [1.29, 1.82) is 0 Å². The fourth-order valence-electron chi connectivity index (χ4n) is 3.01. The predicted octanol–water partition coefficient (Wildman–Crippen LogP) is 5.10. The van der Waals surface area contributed by atoms with Crippen molar-refractivity contribution in [2.24, 2.45) is 10.3 Å². The van der Waals surface area contributed by atoms with Crippen LogP contribution in [0.2, 0.25) is 0 Å². The van der Waals surface area contributed by atoms with E-state index >= 15 is 0 Å². The molecule has 0 saturated carbocycles. The first-order chi connectivity index (χ1) is 13.7. The molecular weight excluding hydrogens is 356 g/mol. The first-order valence-electron chi connectivity index (χ1n) is 9.42. The minimum Gasteiger partial charge on any atom is -0.497 e. The second-order valence-electron chi connectivity index (χ2n) is 6.46. The van der Waals surface area contributed by atoms with Crippen molar-refractivity contribution in [2.75, 3.05) is 14.2 Å². The summed E-state index contributed by atoms with van der Waals surface area (Å²) in [6.45, 7) is 0. The molecule has 6 heteroatoms. The van der Waals surface area contributed by atoms with Gasteiger partial charge in [0.15, 0.2) is 0 Å². The normalized spacial score (nSPS) is 12.1. The predicted molar refractivity (Wildman–Crippen MR) is 110 cm³/mol. The third-order valence-corrected chi connectivity index (χ3v) is 4.67. The van der Waals surface area contributed by atoms with Gasteiger partial charge in [-0.2, -0.15) is 0 Å². The highest BCUT2D eigenvalue weighted by Crippen LogP contribution is 2.17. The van der Waals surface area contributed by atoms with Crippen LogP contribution in [0.5, 0.6) is 11.5 Å². The first kappa shape index (κ1) is 21.3. The molecule has 0 atom stereocenters. The van der Waals surface area contributed by atoms with Crippen molar-refractivity contribution in [3.8, 4) is 11.5 Å². The van der Waals surface area contributed by atoms with Gasteiger partial charge in [0.05, 0.1) is 25.6 Å². The summed E-state index contributed by atoms with van der Waals surface area (Å²) in [5.74, 6) is 1.55. The second-order valence-corrected chi connectivity index (χ2v) is 6.46. The molecule has 0 radical (unpaired) electrons. The van der Waals surface area contributed by atoms with Gasteiger partial charge in [0, 0.05) is 0 Å². The van der Waals surface area contributed by atoms with Gasteiger partial charge >= 0.3 is 0 Å². The second kappa shape index (κ2) is 11.6. The van der Waals surface area contributed by atoms with E-state index in [9.17, 15) is 10.4 Å². The topological polar surface area (TPSA) is 83.6 Å². The summed E-state index contributed by atoms with van der Waals surface area (Å²) in [6, 6.07) is 15.0. The Morgan fingerprint density at radius 3 is 1.29 bits per heavy atom. The lowest BCUT2D eigenvalue weighted by molar-refractivity contribution is 0.317. The SMILES string of the molecule is COc1ccc(/C(CCCCCC/C(=N\O)c2ccc(OC)cc2)=N/O)cc1. The van der Waals surface area contributed by atoms with E-state index in [2.05, 4.69) is 10.3 Å². The van der Waals surface area contributed by atoms with Crippen molar-refractivity contribution in [3.05, 3.63) is 59.7 Å². The lowest BCUT2D eigenvalue weighted by Gasteiger charge is -2.07. The number of benzene rings is 2. The van der Waals surface area contributed by atoms with E-state index < -0.39 is 0 Å². The number of oxime groups is 2. The van der Waals surface area contributed by atoms with Crippen molar-refractivity contribution in [3.63, 3.8) is 0 Å². The molecule has 0 aliphatic rings. The molecule has 2 aromatic rings. The number of unbranched alkanes of at least 4 members (excludes halogenated alkanes) is 3. The number of ether oxygens (including phenoxy) is 2. The number of hydrogen-bond donors (Lipinski definition) is 2. The maximum Gasteiger partial charge on any atom is 0.118 e. The van der Waals surface area contributed by atoms with E-state index in [-0.39, 0.29) is 0 Å². The van der Waals surface area contributed by atoms with Crippen LogP contribution in [-0.4, -0.2) is 36.1 Å². The first-order valence-corrected chi connectivity index (χ1v) is 9.42. The molecule has 0 unspecified atom stereocenters. The molecule has 6 nitrogen and oxygen atoms in total. The standard InChI is InChI=1S/C22H28N2O4/c1-27-19-13-9-17(10-14-19)21(23-25)7-5-3-4-6-8-22(24-26)18-11-15-20(28-2)16-12-18/h9-16,25-26H,3-8H2,1-2H3/b23-21+,24-22+.